The molecule has 1 unspecified atom stereocenters. The maximum Gasteiger partial charge on any atom is 0.251 e. The van der Waals surface area contributed by atoms with E-state index in [1.165, 1.54) is 24.3 Å². The summed E-state index contributed by atoms with van der Waals surface area (Å²) >= 11 is 0. The van der Waals surface area contributed by atoms with E-state index in [1.54, 1.807) is 0 Å². The first kappa shape index (κ1) is 19.3. The lowest BCUT2D eigenvalue weighted by molar-refractivity contribution is -0.133. The van der Waals surface area contributed by atoms with Gasteiger partial charge in [0.1, 0.15) is 5.82 Å². The number of rotatable bonds is 4. The van der Waals surface area contributed by atoms with Gasteiger partial charge in [0.2, 0.25) is 11.8 Å². The van der Waals surface area contributed by atoms with Gasteiger partial charge in [0.05, 0.1) is 24.6 Å². The van der Waals surface area contributed by atoms with Crippen molar-refractivity contribution < 1.29 is 18.8 Å². The zero-order chi connectivity index (χ0) is 20.4. The molecule has 2 aliphatic rings. The molecular weight excluding hydrogens is 373 g/mol. The predicted octanol–water partition coefficient (Wildman–Crippen LogP) is 1.84. The summed E-state index contributed by atoms with van der Waals surface area (Å²) < 4.78 is 13.1. The van der Waals surface area contributed by atoms with Crippen LogP contribution in [0.2, 0.25) is 0 Å². The third-order valence-corrected chi connectivity index (χ3v) is 5.51. The van der Waals surface area contributed by atoms with E-state index >= 15 is 0 Å². The molecule has 0 aromatic heterocycles. The molecule has 7 heteroatoms. The van der Waals surface area contributed by atoms with Gasteiger partial charge < -0.3 is 4.90 Å². The van der Waals surface area contributed by atoms with Crippen molar-refractivity contribution in [3.05, 3.63) is 66.0 Å². The number of nitrogens with zero attached hydrogens (tertiary/aromatic N) is 3. The molecule has 0 N–H and O–H groups in total. The quantitative estimate of drug-likeness (QED) is 0.742. The molecule has 2 aliphatic heterocycles. The molecule has 0 bridgehead atoms. The molecule has 0 aliphatic carbocycles. The Morgan fingerprint density at radius 2 is 1.59 bits per heavy atom. The molecule has 2 aromatic carbocycles. The number of hydrogen-bond donors (Lipinski definition) is 0. The van der Waals surface area contributed by atoms with Crippen LogP contribution in [-0.4, -0.2) is 59.7 Å². The molecule has 0 saturated carbocycles. The molecular formula is C22H22FN3O3. The number of anilines is 1. The topological polar surface area (TPSA) is 60.9 Å². The average Bonchev–Trinajstić information content (AvgIpc) is 3.04. The molecule has 4 rings (SSSR count). The molecule has 0 radical (unpaired) electrons. The number of carbonyl (C=O) groups is 3. The van der Waals surface area contributed by atoms with Crippen molar-refractivity contribution in [1.29, 1.82) is 0 Å². The summed E-state index contributed by atoms with van der Waals surface area (Å²) in [6.07, 6.45) is 0.466. The summed E-state index contributed by atoms with van der Waals surface area (Å²) in [6, 6.07) is 14.4. The maximum atomic E-state index is 13.1. The summed E-state index contributed by atoms with van der Waals surface area (Å²) in [5.74, 6) is -0.918. The second-order valence-corrected chi connectivity index (χ2v) is 7.34. The molecule has 2 saturated heterocycles. The van der Waals surface area contributed by atoms with Gasteiger partial charge in [0.15, 0.2) is 0 Å². The van der Waals surface area contributed by atoms with Crippen molar-refractivity contribution >= 4 is 23.4 Å². The van der Waals surface area contributed by atoms with Crippen LogP contribution < -0.4 is 4.90 Å². The molecule has 2 fully saturated rings. The molecule has 6 nitrogen and oxygen atoms in total. The summed E-state index contributed by atoms with van der Waals surface area (Å²) in [4.78, 5) is 42.7. The Bertz CT molecular complexity index is 909. The Labute approximate surface area is 168 Å². The Balaban J connectivity index is 1.36. The summed E-state index contributed by atoms with van der Waals surface area (Å²) in [5, 5.41) is 0. The van der Waals surface area contributed by atoms with E-state index in [4.69, 9.17) is 0 Å². The highest BCUT2D eigenvalue weighted by molar-refractivity contribution is 6.22. The molecule has 2 heterocycles. The van der Waals surface area contributed by atoms with Crippen molar-refractivity contribution in [2.24, 2.45) is 0 Å². The highest BCUT2D eigenvalue weighted by atomic mass is 19.1. The number of imide groups is 1. The van der Waals surface area contributed by atoms with Gasteiger partial charge in [-0.25, -0.2) is 9.29 Å². The summed E-state index contributed by atoms with van der Waals surface area (Å²) in [5.41, 5.74) is 1.37. The van der Waals surface area contributed by atoms with E-state index in [0.29, 0.717) is 38.3 Å². The molecule has 29 heavy (non-hydrogen) atoms. The molecule has 1 atom stereocenters. The lowest BCUT2D eigenvalue weighted by Gasteiger charge is -2.37. The normalized spacial score (nSPS) is 20.4. The monoisotopic (exact) mass is 395 g/mol. The largest absolute Gasteiger partial charge is 0.340 e. The number of halogens is 1. The smallest absolute Gasteiger partial charge is 0.251 e. The van der Waals surface area contributed by atoms with Gasteiger partial charge in [-0.3, -0.25) is 19.3 Å². The fourth-order valence-electron chi connectivity index (χ4n) is 3.93. The van der Waals surface area contributed by atoms with Gasteiger partial charge >= 0.3 is 0 Å². The van der Waals surface area contributed by atoms with Gasteiger partial charge in [-0.15, -0.1) is 0 Å². The highest BCUT2D eigenvalue weighted by Gasteiger charge is 2.43. The number of carbonyl (C=O) groups excluding carboxylic acids is 3. The zero-order valence-corrected chi connectivity index (χ0v) is 16.0. The molecule has 150 valence electrons. The van der Waals surface area contributed by atoms with E-state index in [9.17, 15) is 18.8 Å². The van der Waals surface area contributed by atoms with Crippen LogP contribution in [0.1, 0.15) is 12.0 Å². The van der Waals surface area contributed by atoms with Crippen LogP contribution in [0.5, 0.6) is 0 Å². The van der Waals surface area contributed by atoms with Crippen LogP contribution in [0.25, 0.3) is 0 Å². The minimum Gasteiger partial charge on any atom is -0.340 e. The number of hydrogen-bond acceptors (Lipinski definition) is 4. The standard InChI is InChI=1S/C22H22FN3O3/c23-17-6-8-18(9-7-17)26-21(28)15-19(22(26)29)24-10-12-25(13-11-24)20(27)14-16-4-2-1-3-5-16/h1-9,19H,10-15H2. The van der Waals surface area contributed by atoms with Gasteiger partial charge in [0.25, 0.3) is 5.91 Å². The predicted molar refractivity (Wildman–Crippen MR) is 106 cm³/mol. The van der Waals surface area contributed by atoms with E-state index < -0.39 is 11.9 Å². The van der Waals surface area contributed by atoms with Crippen LogP contribution in [-0.2, 0) is 20.8 Å². The third-order valence-electron chi connectivity index (χ3n) is 5.51. The van der Waals surface area contributed by atoms with Crippen LogP contribution in [0, 0.1) is 5.82 Å². The fraction of sp³-hybridized carbons (Fsp3) is 0.318. The first-order chi connectivity index (χ1) is 14.0. The fourth-order valence-corrected chi connectivity index (χ4v) is 3.93. The van der Waals surface area contributed by atoms with E-state index in [0.717, 1.165) is 10.5 Å². The number of piperazine rings is 1. The first-order valence-corrected chi connectivity index (χ1v) is 9.71. The second kappa shape index (κ2) is 8.13. The molecule has 0 spiro atoms. The SMILES string of the molecule is O=C(Cc1ccccc1)N1CCN(C2CC(=O)N(c3ccc(F)cc3)C2=O)CC1. The number of amides is 3. The van der Waals surface area contributed by atoms with Gasteiger partial charge in [-0.2, -0.15) is 0 Å². The minimum absolute atomic E-state index is 0.0672. The summed E-state index contributed by atoms with van der Waals surface area (Å²) in [6.45, 7) is 2.14. The molecule has 2 aromatic rings. The Hall–Kier alpha value is -3.06. The average molecular weight is 395 g/mol. The lowest BCUT2D eigenvalue weighted by atomic mass is 10.1. The van der Waals surface area contributed by atoms with Crippen molar-refractivity contribution in [3.8, 4) is 0 Å². The van der Waals surface area contributed by atoms with E-state index in [1.807, 2.05) is 40.1 Å². The maximum absolute atomic E-state index is 13.1. The van der Waals surface area contributed by atoms with Crippen LogP contribution in [0.3, 0.4) is 0 Å². The third kappa shape index (κ3) is 4.05. The van der Waals surface area contributed by atoms with Crippen molar-refractivity contribution in [3.63, 3.8) is 0 Å². The zero-order valence-electron chi connectivity index (χ0n) is 16.0. The van der Waals surface area contributed by atoms with Gasteiger partial charge in [-0.1, -0.05) is 30.3 Å². The summed E-state index contributed by atoms with van der Waals surface area (Å²) in [7, 11) is 0. The van der Waals surface area contributed by atoms with Crippen molar-refractivity contribution in [1.82, 2.24) is 9.80 Å². The Morgan fingerprint density at radius 1 is 0.931 bits per heavy atom. The van der Waals surface area contributed by atoms with Crippen molar-refractivity contribution in [2.45, 2.75) is 18.9 Å². The Kier molecular flexibility index (Phi) is 5.40. The number of benzene rings is 2. The highest BCUT2D eigenvalue weighted by Crippen LogP contribution is 2.26. The minimum atomic E-state index is -0.529. The Morgan fingerprint density at radius 3 is 2.24 bits per heavy atom. The van der Waals surface area contributed by atoms with Crippen LogP contribution in [0.15, 0.2) is 54.6 Å². The van der Waals surface area contributed by atoms with Crippen molar-refractivity contribution in [2.75, 3.05) is 31.1 Å². The lowest BCUT2D eigenvalue weighted by Crippen LogP contribution is -2.54. The molecule has 3 amide bonds. The van der Waals surface area contributed by atoms with E-state index in [2.05, 4.69) is 0 Å². The second-order valence-electron chi connectivity index (χ2n) is 7.34. The van der Waals surface area contributed by atoms with Gasteiger partial charge in [-0.05, 0) is 29.8 Å². The van der Waals surface area contributed by atoms with E-state index in [-0.39, 0.29) is 24.1 Å². The van der Waals surface area contributed by atoms with Crippen LogP contribution in [0.4, 0.5) is 10.1 Å². The first-order valence-electron chi connectivity index (χ1n) is 9.71. The van der Waals surface area contributed by atoms with Crippen LogP contribution >= 0.6 is 0 Å². The van der Waals surface area contributed by atoms with Gasteiger partial charge in [0, 0.05) is 26.2 Å².